The molecule has 0 spiro atoms. The zero-order valence-corrected chi connectivity index (χ0v) is 41.2. The number of allylic oxidation sites excluding steroid dienone is 4. The molecule has 1 aromatic heterocycles. The number of phenolic OH excluding ortho intramolecular Hbond substituents is 1. The molecule has 0 atom stereocenters. The smallest absolute Gasteiger partial charge is 0.204 e. The van der Waals surface area contributed by atoms with E-state index in [1.165, 1.54) is 45.2 Å². The van der Waals surface area contributed by atoms with Gasteiger partial charge in [-0.15, -0.1) is 0 Å². The maximum atomic E-state index is 14.6. The molecule has 3 aromatic rings. The van der Waals surface area contributed by atoms with E-state index in [0.717, 1.165) is 115 Å². The highest BCUT2D eigenvalue weighted by Gasteiger charge is 2.24. The van der Waals surface area contributed by atoms with Crippen LogP contribution in [0, 0.1) is 5.92 Å². The molecule has 64 heavy (non-hydrogen) atoms. The Kier molecular flexibility index (Phi) is 21.4. The molecule has 358 valence electrons. The van der Waals surface area contributed by atoms with Crippen molar-refractivity contribution in [2.24, 2.45) is 5.92 Å². The van der Waals surface area contributed by atoms with Crippen molar-refractivity contribution in [2.45, 2.75) is 119 Å². The number of aliphatic hydroxyl groups excluding tert-OH is 1. The number of aromatic hydroxyl groups is 1. The Bertz CT molecular complexity index is 2000. The first kappa shape index (κ1) is 51.5. The van der Waals surface area contributed by atoms with Crippen molar-refractivity contribution in [3.63, 3.8) is 0 Å². The molecule has 2 fully saturated rings. The first-order valence-corrected chi connectivity index (χ1v) is 24.8. The lowest BCUT2D eigenvalue weighted by Gasteiger charge is -2.34. The number of rotatable bonds is 27. The molecular weight excluding hydrogens is 803 g/mol. The standard InChI is InChI=1S/C53H85N5O6/c1-40(2)17-9-10-23-55-27-31-57(32-28-55)25-13-15-35-62-46-37-49-51(52(60)44(46)21-19-42(5)6)53(61)50-43(20-18-41(3)4)45(39-59)47(38-48(50)64-49)63-36-16-14-26-58-33-29-56(30-34-58)24-12-11-22-54(7)8/h18-19,37-38,40,59-60H,9-17,20-36,39H2,1-8H3. The lowest BCUT2D eigenvalue weighted by Crippen LogP contribution is -2.46. The number of hydrogen-bond donors (Lipinski definition) is 2. The summed E-state index contributed by atoms with van der Waals surface area (Å²) in [5.74, 6) is 1.74. The summed E-state index contributed by atoms with van der Waals surface area (Å²) in [7, 11) is 4.28. The molecule has 2 aliphatic rings. The van der Waals surface area contributed by atoms with Crippen LogP contribution in [0.4, 0.5) is 0 Å². The highest BCUT2D eigenvalue weighted by atomic mass is 16.5. The van der Waals surface area contributed by atoms with E-state index in [4.69, 9.17) is 13.9 Å². The van der Waals surface area contributed by atoms with E-state index in [1.54, 1.807) is 12.1 Å². The molecule has 2 saturated heterocycles. The van der Waals surface area contributed by atoms with Gasteiger partial charge in [0.2, 0.25) is 5.43 Å². The normalized spacial score (nSPS) is 15.8. The predicted octanol–water partition coefficient (Wildman–Crippen LogP) is 8.88. The second kappa shape index (κ2) is 26.6. The number of piperazine rings is 2. The number of aliphatic hydroxyl groups is 1. The van der Waals surface area contributed by atoms with Crippen LogP contribution in [0.25, 0.3) is 21.9 Å². The van der Waals surface area contributed by atoms with Crippen LogP contribution in [-0.4, -0.2) is 147 Å². The van der Waals surface area contributed by atoms with Crippen molar-refractivity contribution in [1.82, 2.24) is 24.5 Å². The summed E-state index contributed by atoms with van der Waals surface area (Å²) in [6, 6.07) is 3.54. The van der Waals surface area contributed by atoms with Crippen LogP contribution in [0.2, 0.25) is 0 Å². The fourth-order valence-electron chi connectivity index (χ4n) is 9.09. The van der Waals surface area contributed by atoms with E-state index in [1.807, 2.05) is 33.8 Å². The highest BCUT2D eigenvalue weighted by molar-refractivity contribution is 5.97. The molecule has 5 rings (SSSR count). The van der Waals surface area contributed by atoms with Crippen LogP contribution in [0.5, 0.6) is 17.2 Å². The SMILES string of the molecule is CC(C)=CCc1c(OCCCCN2CCN(CCCCC(C)C)CC2)cc2oc3cc(OCCCCN4CCN(CCCCN(C)C)CC4)c(CO)c(CC=C(C)C)c3c(=O)c2c1O. The summed E-state index contributed by atoms with van der Waals surface area (Å²) in [5, 5.41) is 23.2. The Morgan fingerprint density at radius 3 is 1.55 bits per heavy atom. The molecule has 0 unspecified atom stereocenters. The van der Waals surface area contributed by atoms with Crippen molar-refractivity contribution in [3.05, 3.63) is 62.3 Å². The van der Waals surface area contributed by atoms with Crippen LogP contribution < -0.4 is 14.9 Å². The summed E-state index contributed by atoms with van der Waals surface area (Å²) in [6.07, 6.45) is 15.2. The van der Waals surface area contributed by atoms with Gasteiger partial charge < -0.3 is 48.6 Å². The quantitative estimate of drug-likeness (QED) is 0.0436. The molecule has 11 heteroatoms. The summed E-state index contributed by atoms with van der Waals surface area (Å²) >= 11 is 0. The molecule has 2 aromatic carbocycles. The Labute approximate surface area is 386 Å². The van der Waals surface area contributed by atoms with E-state index < -0.39 is 0 Å². The van der Waals surface area contributed by atoms with Crippen molar-refractivity contribution >= 4 is 21.9 Å². The van der Waals surface area contributed by atoms with E-state index in [2.05, 4.69) is 58.5 Å². The molecule has 2 N–H and O–H groups in total. The Balaban J connectivity index is 1.26. The fourth-order valence-corrected chi connectivity index (χ4v) is 9.09. The van der Waals surface area contributed by atoms with Crippen molar-refractivity contribution < 1.29 is 24.1 Å². The fraction of sp³-hybridized carbons (Fsp3) is 0.679. The molecule has 0 bridgehead atoms. The molecule has 0 aliphatic carbocycles. The average molecular weight is 888 g/mol. The van der Waals surface area contributed by atoms with Gasteiger partial charge in [0.05, 0.1) is 25.2 Å². The highest BCUT2D eigenvalue weighted by Crippen LogP contribution is 2.39. The molecule has 0 radical (unpaired) electrons. The second-order valence-corrected chi connectivity index (χ2v) is 19.7. The zero-order chi connectivity index (χ0) is 46.0. The molecule has 3 heterocycles. The number of nitrogens with zero attached hydrogens (tertiary/aromatic N) is 5. The number of ether oxygens (including phenoxy) is 2. The van der Waals surface area contributed by atoms with Crippen LogP contribution >= 0.6 is 0 Å². The third kappa shape index (κ3) is 15.9. The van der Waals surface area contributed by atoms with Gasteiger partial charge >= 0.3 is 0 Å². The van der Waals surface area contributed by atoms with Crippen molar-refractivity contribution in [3.8, 4) is 17.2 Å². The molecule has 0 saturated carbocycles. The molecule has 0 amide bonds. The summed E-state index contributed by atoms with van der Waals surface area (Å²) in [6.45, 7) is 28.0. The maximum absolute atomic E-state index is 14.6. The summed E-state index contributed by atoms with van der Waals surface area (Å²) < 4.78 is 19.4. The van der Waals surface area contributed by atoms with Crippen LogP contribution in [-0.2, 0) is 19.4 Å². The first-order chi connectivity index (χ1) is 30.8. The number of unbranched alkanes of at least 4 members (excludes halogenated alkanes) is 4. The zero-order valence-electron chi connectivity index (χ0n) is 41.2. The summed E-state index contributed by atoms with van der Waals surface area (Å²) in [5.41, 5.74) is 4.36. The van der Waals surface area contributed by atoms with Gasteiger partial charge in [-0.05, 0) is 144 Å². The lowest BCUT2D eigenvalue weighted by molar-refractivity contribution is 0.127. The van der Waals surface area contributed by atoms with Gasteiger partial charge in [-0.1, -0.05) is 50.0 Å². The number of hydrogen-bond acceptors (Lipinski definition) is 11. The average Bonchev–Trinajstić information content (AvgIpc) is 3.25. The monoisotopic (exact) mass is 888 g/mol. The minimum absolute atomic E-state index is 0.108. The third-order valence-corrected chi connectivity index (χ3v) is 13.1. The molecule has 2 aliphatic heterocycles. The van der Waals surface area contributed by atoms with Gasteiger partial charge in [0.15, 0.2) is 0 Å². The van der Waals surface area contributed by atoms with Crippen LogP contribution in [0.15, 0.2) is 44.6 Å². The molecular formula is C53H85N5O6. The van der Waals surface area contributed by atoms with Gasteiger partial charge in [0, 0.05) is 75.6 Å². The maximum Gasteiger partial charge on any atom is 0.204 e. The van der Waals surface area contributed by atoms with Crippen LogP contribution in [0.1, 0.15) is 116 Å². The minimum Gasteiger partial charge on any atom is -0.507 e. The van der Waals surface area contributed by atoms with E-state index >= 15 is 0 Å². The van der Waals surface area contributed by atoms with E-state index in [-0.39, 0.29) is 28.8 Å². The Morgan fingerprint density at radius 1 is 0.656 bits per heavy atom. The van der Waals surface area contributed by atoms with Gasteiger partial charge in [-0.2, -0.15) is 0 Å². The second-order valence-electron chi connectivity index (χ2n) is 19.7. The van der Waals surface area contributed by atoms with Crippen LogP contribution in [0.3, 0.4) is 0 Å². The van der Waals surface area contributed by atoms with Crippen molar-refractivity contribution in [1.29, 1.82) is 0 Å². The van der Waals surface area contributed by atoms with Gasteiger partial charge in [-0.3, -0.25) is 4.79 Å². The van der Waals surface area contributed by atoms with E-state index in [0.29, 0.717) is 65.2 Å². The number of phenols is 1. The van der Waals surface area contributed by atoms with Gasteiger partial charge in [0.1, 0.15) is 33.8 Å². The molecule has 11 nitrogen and oxygen atoms in total. The van der Waals surface area contributed by atoms with E-state index in [9.17, 15) is 15.0 Å². The number of fused-ring (bicyclic) bond motifs is 2. The third-order valence-electron chi connectivity index (χ3n) is 13.1. The first-order valence-electron chi connectivity index (χ1n) is 24.8. The predicted molar refractivity (Wildman–Crippen MR) is 266 cm³/mol. The lowest BCUT2D eigenvalue weighted by atomic mass is 9.95. The number of benzene rings is 2. The largest absolute Gasteiger partial charge is 0.507 e. The minimum atomic E-state index is -0.318. The van der Waals surface area contributed by atoms with Gasteiger partial charge in [0.25, 0.3) is 0 Å². The van der Waals surface area contributed by atoms with Crippen molar-refractivity contribution in [2.75, 3.05) is 112 Å². The van der Waals surface area contributed by atoms with Gasteiger partial charge in [-0.25, -0.2) is 0 Å². The Hall–Kier alpha value is -3.45. The topological polar surface area (TPSA) is 105 Å². The Morgan fingerprint density at radius 2 is 1.09 bits per heavy atom. The summed E-state index contributed by atoms with van der Waals surface area (Å²) in [4.78, 5) is 27.2.